The van der Waals surface area contributed by atoms with E-state index >= 15 is 0 Å². The van der Waals surface area contributed by atoms with Gasteiger partial charge < -0.3 is 10.2 Å². The van der Waals surface area contributed by atoms with Gasteiger partial charge in [0.25, 0.3) is 0 Å². The number of carbonyl (C=O) groups is 1. The summed E-state index contributed by atoms with van der Waals surface area (Å²) < 4.78 is 22.2. The number of anilines is 1. The van der Waals surface area contributed by atoms with Gasteiger partial charge in [-0.2, -0.15) is 0 Å². The molecule has 1 fully saturated rings. The summed E-state index contributed by atoms with van der Waals surface area (Å²) in [6.45, 7) is 2.74. The summed E-state index contributed by atoms with van der Waals surface area (Å²) in [7, 11) is -3.46. The first-order chi connectivity index (χ1) is 13.4. The Bertz CT molecular complexity index is 898. The van der Waals surface area contributed by atoms with Crippen molar-refractivity contribution in [2.75, 3.05) is 43.8 Å². The van der Waals surface area contributed by atoms with E-state index in [-0.39, 0.29) is 11.8 Å². The average molecular weight is 421 g/mol. The number of nitrogens with one attached hydrogen (secondary N) is 1. The molecule has 7 nitrogen and oxygen atoms in total. The molecule has 9 heteroatoms. The fourth-order valence-corrected chi connectivity index (χ4v) is 4.34. The Morgan fingerprint density at radius 2 is 1.64 bits per heavy atom. The first-order valence-corrected chi connectivity index (χ1v) is 11.5. The monoisotopic (exact) mass is 420 g/mol. The van der Waals surface area contributed by atoms with Gasteiger partial charge in [-0.25, -0.2) is 18.4 Å². The Morgan fingerprint density at radius 3 is 2.32 bits per heavy atom. The molecule has 1 heterocycles. The van der Waals surface area contributed by atoms with Crippen molar-refractivity contribution in [1.29, 1.82) is 0 Å². The van der Waals surface area contributed by atoms with Gasteiger partial charge >= 0.3 is 6.03 Å². The summed E-state index contributed by atoms with van der Waals surface area (Å²) >= 11 is 1.60. The van der Waals surface area contributed by atoms with Crippen LogP contribution in [0, 0.1) is 0 Å². The molecular weight excluding hydrogens is 396 g/mol. The van der Waals surface area contributed by atoms with E-state index in [9.17, 15) is 13.2 Å². The molecule has 0 unspecified atom stereocenters. The number of amides is 2. The molecule has 1 aliphatic heterocycles. The van der Waals surface area contributed by atoms with Crippen molar-refractivity contribution < 1.29 is 13.2 Å². The fourth-order valence-electron chi connectivity index (χ4n) is 2.90. The van der Waals surface area contributed by atoms with Crippen molar-refractivity contribution >= 4 is 33.5 Å². The van der Waals surface area contributed by atoms with Gasteiger partial charge in [-0.05, 0) is 24.3 Å². The van der Waals surface area contributed by atoms with Gasteiger partial charge in [-0.1, -0.05) is 42.1 Å². The van der Waals surface area contributed by atoms with Crippen LogP contribution in [0.25, 0.3) is 0 Å². The fraction of sp³-hybridized carbons (Fsp3) is 0.316. The highest BCUT2D eigenvalue weighted by atomic mass is 32.2. The highest BCUT2D eigenvalue weighted by molar-refractivity contribution is 7.99. The van der Waals surface area contributed by atoms with Crippen molar-refractivity contribution in [1.82, 2.24) is 9.80 Å². The van der Waals surface area contributed by atoms with Gasteiger partial charge in [0.2, 0.25) is 10.0 Å². The summed E-state index contributed by atoms with van der Waals surface area (Å²) in [5, 5.41) is 8.06. The number of urea groups is 1. The van der Waals surface area contributed by atoms with Crippen molar-refractivity contribution in [2.45, 2.75) is 9.79 Å². The Hall–Kier alpha value is -2.07. The van der Waals surface area contributed by atoms with Crippen LogP contribution in [0.1, 0.15) is 0 Å². The lowest BCUT2D eigenvalue weighted by atomic mass is 10.3. The van der Waals surface area contributed by atoms with Crippen molar-refractivity contribution in [2.24, 2.45) is 5.14 Å². The SMILES string of the molecule is NS(=O)(=O)CCN1CCN(C(=O)Nc2ccccc2Sc2ccccc2)CC1. The molecule has 0 spiro atoms. The average Bonchev–Trinajstić information content (AvgIpc) is 2.68. The molecular formula is C19H24N4O3S2. The molecule has 0 aromatic heterocycles. The first-order valence-electron chi connectivity index (χ1n) is 9.01. The van der Waals surface area contributed by atoms with Crippen LogP contribution in [0.3, 0.4) is 0 Å². The number of hydrogen-bond acceptors (Lipinski definition) is 5. The van der Waals surface area contributed by atoms with Crippen LogP contribution in [-0.4, -0.2) is 62.7 Å². The van der Waals surface area contributed by atoms with Crippen LogP contribution in [0.2, 0.25) is 0 Å². The molecule has 28 heavy (non-hydrogen) atoms. The molecule has 2 aromatic carbocycles. The molecule has 1 saturated heterocycles. The number of sulfonamides is 1. The molecule has 2 amide bonds. The second-order valence-electron chi connectivity index (χ2n) is 6.54. The van der Waals surface area contributed by atoms with Crippen LogP contribution in [0.5, 0.6) is 0 Å². The van der Waals surface area contributed by atoms with E-state index in [1.807, 2.05) is 59.5 Å². The lowest BCUT2D eigenvalue weighted by Gasteiger charge is -2.34. The third kappa shape index (κ3) is 6.23. The largest absolute Gasteiger partial charge is 0.322 e. The van der Waals surface area contributed by atoms with Crippen molar-refractivity contribution in [3.05, 3.63) is 54.6 Å². The molecule has 2 aromatic rings. The van der Waals surface area contributed by atoms with Crippen molar-refractivity contribution in [3.63, 3.8) is 0 Å². The van der Waals surface area contributed by atoms with E-state index in [2.05, 4.69) is 5.32 Å². The predicted molar refractivity (Wildman–Crippen MR) is 112 cm³/mol. The van der Waals surface area contributed by atoms with E-state index in [1.165, 1.54) is 0 Å². The van der Waals surface area contributed by atoms with E-state index < -0.39 is 10.0 Å². The standard InChI is InChI=1S/C19H24N4O3S2/c20-28(25,26)15-14-22-10-12-23(13-11-22)19(24)21-17-8-4-5-9-18(17)27-16-6-2-1-3-7-16/h1-9H,10-15H2,(H,21,24)(H2,20,25,26). The zero-order valence-corrected chi connectivity index (χ0v) is 17.1. The zero-order chi connectivity index (χ0) is 20.0. The second-order valence-corrected chi connectivity index (χ2v) is 9.39. The molecule has 150 valence electrons. The molecule has 3 rings (SSSR count). The summed E-state index contributed by atoms with van der Waals surface area (Å²) in [6, 6.07) is 17.6. The number of carbonyl (C=O) groups excluding carboxylic acids is 1. The Balaban J connectivity index is 1.56. The van der Waals surface area contributed by atoms with E-state index in [0.29, 0.717) is 32.7 Å². The molecule has 3 N–H and O–H groups in total. The summed E-state index contributed by atoms with van der Waals surface area (Å²) in [5.41, 5.74) is 0.776. The minimum Gasteiger partial charge on any atom is -0.322 e. The number of piperazine rings is 1. The Labute approximate surface area is 169 Å². The number of primary sulfonamides is 1. The van der Waals surface area contributed by atoms with Crippen LogP contribution in [-0.2, 0) is 10.0 Å². The zero-order valence-electron chi connectivity index (χ0n) is 15.5. The molecule has 0 atom stereocenters. The lowest BCUT2D eigenvalue weighted by Crippen LogP contribution is -2.51. The van der Waals surface area contributed by atoms with Gasteiger partial charge in [0.05, 0.1) is 11.4 Å². The Morgan fingerprint density at radius 1 is 1.00 bits per heavy atom. The molecule has 1 aliphatic rings. The van der Waals surface area contributed by atoms with Crippen LogP contribution in [0.4, 0.5) is 10.5 Å². The topological polar surface area (TPSA) is 95.7 Å². The maximum absolute atomic E-state index is 12.7. The van der Waals surface area contributed by atoms with Gasteiger partial charge in [0.15, 0.2) is 0 Å². The summed E-state index contributed by atoms with van der Waals surface area (Å²) in [6.07, 6.45) is 0. The maximum Gasteiger partial charge on any atom is 0.321 e. The smallest absolute Gasteiger partial charge is 0.321 e. The normalized spacial score (nSPS) is 15.4. The van der Waals surface area contributed by atoms with Crippen LogP contribution >= 0.6 is 11.8 Å². The summed E-state index contributed by atoms with van der Waals surface area (Å²) in [5.74, 6) is -0.0662. The minimum atomic E-state index is -3.46. The van der Waals surface area contributed by atoms with E-state index in [4.69, 9.17) is 5.14 Å². The second kappa shape index (κ2) is 9.42. The van der Waals surface area contributed by atoms with Gasteiger partial charge in [0, 0.05) is 42.5 Å². The third-order valence-electron chi connectivity index (χ3n) is 4.45. The minimum absolute atomic E-state index is 0.0662. The molecule has 0 saturated carbocycles. The number of nitrogens with zero attached hydrogens (tertiary/aromatic N) is 2. The molecule has 0 radical (unpaired) electrons. The van der Waals surface area contributed by atoms with E-state index in [1.54, 1.807) is 16.7 Å². The Kier molecular flexibility index (Phi) is 6.95. The van der Waals surface area contributed by atoms with Crippen molar-refractivity contribution in [3.8, 4) is 0 Å². The lowest BCUT2D eigenvalue weighted by molar-refractivity contribution is 0.152. The number of benzene rings is 2. The maximum atomic E-state index is 12.7. The predicted octanol–water partition coefficient (Wildman–Crippen LogP) is 2.28. The number of rotatable bonds is 6. The third-order valence-corrected chi connectivity index (χ3v) is 6.29. The molecule has 0 aliphatic carbocycles. The van der Waals surface area contributed by atoms with Crippen LogP contribution < -0.4 is 10.5 Å². The number of nitrogens with two attached hydrogens (primary N) is 1. The number of hydrogen-bond donors (Lipinski definition) is 2. The van der Waals surface area contributed by atoms with E-state index in [0.717, 1.165) is 15.5 Å². The summed E-state index contributed by atoms with van der Waals surface area (Å²) in [4.78, 5) is 18.5. The first kappa shape index (κ1) is 20.7. The highest BCUT2D eigenvalue weighted by Gasteiger charge is 2.22. The number of para-hydroxylation sites is 1. The highest BCUT2D eigenvalue weighted by Crippen LogP contribution is 2.33. The van der Waals surface area contributed by atoms with Gasteiger partial charge in [0.1, 0.15) is 0 Å². The quantitative estimate of drug-likeness (QED) is 0.747. The molecule has 0 bridgehead atoms. The van der Waals surface area contributed by atoms with Crippen LogP contribution in [0.15, 0.2) is 64.4 Å². The van der Waals surface area contributed by atoms with Gasteiger partial charge in [-0.15, -0.1) is 0 Å². The van der Waals surface area contributed by atoms with Gasteiger partial charge in [-0.3, -0.25) is 4.90 Å².